The molecule has 0 rings (SSSR count). The van der Waals surface area contributed by atoms with Gasteiger partial charge in [0.15, 0.2) is 0 Å². The third-order valence-corrected chi connectivity index (χ3v) is 2.28. The molecule has 3 N–H and O–H groups in total. The van der Waals surface area contributed by atoms with E-state index in [9.17, 15) is 0 Å². The summed E-state index contributed by atoms with van der Waals surface area (Å²) in [7, 11) is 0. The zero-order chi connectivity index (χ0) is 8.20. The van der Waals surface area contributed by atoms with Crippen molar-refractivity contribution >= 4 is 0 Å². The fourth-order valence-electron chi connectivity index (χ4n) is 0.916. The fourth-order valence-corrected chi connectivity index (χ4v) is 0.916. The van der Waals surface area contributed by atoms with Crippen molar-refractivity contribution in [2.75, 3.05) is 13.1 Å². The summed E-state index contributed by atoms with van der Waals surface area (Å²) in [4.78, 5) is 0. The second-order valence-electron chi connectivity index (χ2n) is 3.31. The first-order valence-electron chi connectivity index (χ1n) is 4.02. The van der Waals surface area contributed by atoms with Gasteiger partial charge in [0.25, 0.3) is 0 Å². The van der Waals surface area contributed by atoms with Gasteiger partial charge in [-0.3, -0.25) is 0 Å². The molecule has 0 amide bonds. The minimum Gasteiger partial charge on any atom is -0.329 e. The average molecular weight is 144 g/mol. The van der Waals surface area contributed by atoms with Gasteiger partial charge < -0.3 is 11.1 Å². The molecule has 0 bridgehead atoms. The Hall–Kier alpha value is -0.0800. The highest BCUT2D eigenvalue weighted by atomic mass is 15.0. The van der Waals surface area contributed by atoms with Crippen molar-refractivity contribution in [3.63, 3.8) is 0 Å². The van der Waals surface area contributed by atoms with E-state index in [-0.39, 0.29) is 5.54 Å². The smallest absolute Gasteiger partial charge is 0.0298 e. The van der Waals surface area contributed by atoms with Crippen molar-refractivity contribution in [3.8, 4) is 0 Å². The maximum atomic E-state index is 5.63. The molecule has 2 nitrogen and oxygen atoms in total. The highest BCUT2D eigenvalue weighted by Gasteiger charge is 2.24. The van der Waals surface area contributed by atoms with Gasteiger partial charge in [-0.05, 0) is 19.4 Å². The first-order chi connectivity index (χ1) is 4.56. The van der Waals surface area contributed by atoms with E-state index in [1.54, 1.807) is 0 Å². The predicted molar refractivity (Wildman–Crippen MR) is 46.0 cm³/mol. The Morgan fingerprint density at radius 2 is 2.00 bits per heavy atom. The van der Waals surface area contributed by atoms with E-state index in [0.717, 1.165) is 6.54 Å². The van der Waals surface area contributed by atoms with Crippen LogP contribution in [0, 0.1) is 5.92 Å². The lowest BCUT2D eigenvalue weighted by molar-refractivity contribution is 0.275. The van der Waals surface area contributed by atoms with Gasteiger partial charge in [-0.2, -0.15) is 0 Å². The zero-order valence-corrected chi connectivity index (χ0v) is 7.57. The third kappa shape index (κ3) is 2.27. The normalized spacial score (nSPS) is 17.4. The van der Waals surface area contributed by atoms with Crippen LogP contribution in [0.1, 0.15) is 27.7 Å². The number of nitrogens with two attached hydrogens (primary N) is 1. The molecule has 0 aromatic heterocycles. The Kier molecular flexibility index (Phi) is 3.91. The van der Waals surface area contributed by atoms with E-state index in [2.05, 4.69) is 33.0 Å². The molecule has 0 spiro atoms. The standard InChI is InChI=1S/C8H20N2/c1-5-10-8(4,6-9)7(2)3/h7,10H,5-6,9H2,1-4H3. The van der Waals surface area contributed by atoms with Gasteiger partial charge in [-0.1, -0.05) is 20.8 Å². The minimum atomic E-state index is 0.120. The summed E-state index contributed by atoms with van der Waals surface area (Å²) in [5, 5.41) is 3.38. The highest BCUT2D eigenvalue weighted by Crippen LogP contribution is 2.13. The first kappa shape index (κ1) is 9.92. The van der Waals surface area contributed by atoms with Crippen LogP contribution >= 0.6 is 0 Å². The maximum Gasteiger partial charge on any atom is 0.0298 e. The molecule has 1 atom stereocenters. The van der Waals surface area contributed by atoms with Gasteiger partial charge in [0.05, 0.1) is 0 Å². The zero-order valence-electron chi connectivity index (χ0n) is 7.57. The molecule has 1 unspecified atom stereocenters. The van der Waals surface area contributed by atoms with Crippen molar-refractivity contribution in [1.82, 2.24) is 5.32 Å². The van der Waals surface area contributed by atoms with Crippen molar-refractivity contribution in [1.29, 1.82) is 0 Å². The molecular weight excluding hydrogens is 124 g/mol. The summed E-state index contributed by atoms with van der Waals surface area (Å²) in [6.45, 7) is 10.4. The van der Waals surface area contributed by atoms with Gasteiger partial charge in [0, 0.05) is 12.1 Å². The Balaban J connectivity index is 3.94. The Labute approximate surface area is 64.2 Å². The summed E-state index contributed by atoms with van der Waals surface area (Å²) in [6, 6.07) is 0. The van der Waals surface area contributed by atoms with E-state index in [0.29, 0.717) is 12.5 Å². The van der Waals surface area contributed by atoms with Crippen LogP contribution in [0.2, 0.25) is 0 Å². The van der Waals surface area contributed by atoms with Gasteiger partial charge >= 0.3 is 0 Å². The molecule has 0 aliphatic rings. The van der Waals surface area contributed by atoms with Gasteiger partial charge in [-0.25, -0.2) is 0 Å². The number of hydrogen-bond acceptors (Lipinski definition) is 2. The molecule has 0 saturated carbocycles. The molecular formula is C8H20N2. The monoisotopic (exact) mass is 144 g/mol. The lowest BCUT2D eigenvalue weighted by Crippen LogP contribution is -2.52. The first-order valence-corrected chi connectivity index (χ1v) is 4.02. The quantitative estimate of drug-likeness (QED) is 0.617. The number of hydrogen-bond donors (Lipinski definition) is 2. The van der Waals surface area contributed by atoms with Crippen molar-refractivity contribution in [2.45, 2.75) is 33.2 Å². The van der Waals surface area contributed by atoms with Crippen molar-refractivity contribution in [2.24, 2.45) is 11.7 Å². The van der Waals surface area contributed by atoms with Crippen LogP contribution in [0.15, 0.2) is 0 Å². The van der Waals surface area contributed by atoms with E-state index < -0.39 is 0 Å². The molecule has 10 heavy (non-hydrogen) atoms. The summed E-state index contributed by atoms with van der Waals surface area (Å²) >= 11 is 0. The Morgan fingerprint density at radius 3 is 2.10 bits per heavy atom. The van der Waals surface area contributed by atoms with Crippen molar-refractivity contribution < 1.29 is 0 Å². The van der Waals surface area contributed by atoms with E-state index in [4.69, 9.17) is 5.73 Å². The van der Waals surface area contributed by atoms with Gasteiger partial charge in [0.2, 0.25) is 0 Å². The second kappa shape index (κ2) is 3.94. The minimum absolute atomic E-state index is 0.120. The van der Waals surface area contributed by atoms with E-state index >= 15 is 0 Å². The van der Waals surface area contributed by atoms with Crippen LogP contribution < -0.4 is 11.1 Å². The molecule has 0 aromatic rings. The molecule has 62 valence electrons. The number of rotatable bonds is 4. The highest BCUT2D eigenvalue weighted by molar-refractivity contribution is 4.86. The predicted octanol–water partition coefficient (Wildman–Crippen LogP) is 0.969. The maximum absolute atomic E-state index is 5.63. The number of likely N-dealkylation sites (N-methyl/N-ethyl adjacent to an activating group) is 1. The van der Waals surface area contributed by atoms with Crippen LogP contribution in [0.5, 0.6) is 0 Å². The third-order valence-electron chi connectivity index (χ3n) is 2.28. The van der Waals surface area contributed by atoms with Crippen LogP contribution in [0.3, 0.4) is 0 Å². The van der Waals surface area contributed by atoms with Crippen LogP contribution in [0.25, 0.3) is 0 Å². The molecule has 0 heterocycles. The SMILES string of the molecule is CCNC(C)(CN)C(C)C. The van der Waals surface area contributed by atoms with Crippen LogP contribution in [-0.2, 0) is 0 Å². The Bertz CT molecular complexity index is 91.3. The molecule has 0 aliphatic heterocycles. The Morgan fingerprint density at radius 1 is 1.50 bits per heavy atom. The van der Waals surface area contributed by atoms with Crippen LogP contribution in [0.4, 0.5) is 0 Å². The summed E-state index contributed by atoms with van der Waals surface area (Å²) < 4.78 is 0. The van der Waals surface area contributed by atoms with E-state index in [1.807, 2.05) is 0 Å². The molecule has 0 fully saturated rings. The molecule has 0 saturated heterocycles. The molecule has 0 aromatic carbocycles. The summed E-state index contributed by atoms with van der Waals surface area (Å²) in [5.41, 5.74) is 5.75. The van der Waals surface area contributed by atoms with Gasteiger partial charge in [0.1, 0.15) is 0 Å². The largest absolute Gasteiger partial charge is 0.329 e. The number of nitrogens with one attached hydrogen (secondary N) is 1. The van der Waals surface area contributed by atoms with Crippen molar-refractivity contribution in [3.05, 3.63) is 0 Å². The topological polar surface area (TPSA) is 38.0 Å². The fraction of sp³-hybridized carbons (Fsp3) is 1.00. The molecule has 0 radical (unpaired) electrons. The summed E-state index contributed by atoms with van der Waals surface area (Å²) in [6.07, 6.45) is 0. The molecule has 2 heteroatoms. The second-order valence-corrected chi connectivity index (χ2v) is 3.31. The van der Waals surface area contributed by atoms with Crippen LogP contribution in [-0.4, -0.2) is 18.6 Å². The molecule has 0 aliphatic carbocycles. The average Bonchev–Trinajstić information content (AvgIpc) is 1.88. The lowest BCUT2D eigenvalue weighted by atomic mass is 9.88. The van der Waals surface area contributed by atoms with Gasteiger partial charge in [-0.15, -0.1) is 0 Å². The summed E-state index contributed by atoms with van der Waals surface area (Å²) in [5.74, 6) is 0.595. The lowest BCUT2D eigenvalue weighted by Gasteiger charge is -2.33. The van der Waals surface area contributed by atoms with E-state index in [1.165, 1.54) is 0 Å².